The monoisotopic (exact) mass is 880 g/mol. The van der Waals surface area contributed by atoms with Crippen LogP contribution in [0.3, 0.4) is 0 Å². The maximum absolute atomic E-state index is 2.73. The van der Waals surface area contributed by atoms with Gasteiger partial charge < -0.3 is 18.7 Å². The molecule has 0 saturated heterocycles. The minimum Gasteiger partial charge on any atom is -0.376 e. The number of para-hydroxylation sites is 6. The number of benzene rings is 10. The molecule has 10 aromatic carbocycles. The molecular weight excluding hydrogens is 836 g/mol. The predicted octanol–water partition coefficient (Wildman–Crippen LogP) is 15.6. The van der Waals surface area contributed by atoms with Gasteiger partial charge in [-0.3, -0.25) is 0 Å². The molecule has 69 heavy (non-hydrogen) atoms. The first-order valence-electron chi connectivity index (χ1n) is 24.2. The average molecular weight is 881 g/mol. The summed E-state index contributed by atoms with van der Waals surface area (Å²) in [4.78, 5) is 5.16. The summed E-state index contributed by atoms with van der Waals surface area (Å²) in [5.41, 5.74) is 21.9. The highest BCUT2D eigenvalue weighted by atomic mass is 15.2. The Balaban J connectivity index is 1.14. The smallest absolute Gasteiger partial charge is 0.333 e. The molecule has 2 aliphatic heterocycles. The Morgan fingerprint density at radius 3 is 1.70 bits per heavy atom. The zero-order chi connectivity index (χ0) is 45.7. The van der Waals surface area contributed by atoms with Crippen molar-refractivity contribution in [3.8, 4) is 27.9 Å². The number of hydrogen-bond acceptors (Lipinski definition) is 2. The van der Waals surface area contributed by atoms with Crippen LogP contribution in [-0.4, -0.2) is 15.8 Å². The van der Waals surface area contributed by atoms with Crippen molar-refractivity contribution >= 4 is 106 Å². The number of rotatable bonds is 5. The molecule has 0 fully saturated rings. The first-order chi connectivity index (χ1) is 33.9. The molecule has 13 aromatic rings. The van der Waals surface area contributed by atoms with Crippen LogP contribution in [0, 0.1) is 0 Å². The van der Waals surface area contributed by atoms with Crippen LogP contribution < -0.4 is 20.6 Å². The van der Waals surface area contributed by atoms with Crippen molar-refractivity contribution in [1.82, 2.24) is 8.97 Å². The molecule has 0 saturated carbocycles. The van der Waals surface area contributed by atoms with Crippen LogP contribution in [0.25, 0.3) is 87.8 Å². The zero-order valence-electron chi connectivity index (χ0n) is 38.7. The van der Waals surface area contributed by atoms with Gasteiger partial charge >= 0.3 is 6.85 Å². The lowest BCUT2D eigenvalue weighted by Crippen LogP contribution is -2.60. The van der Waals surface area contributed by atoms with E-state index >= 15 is 0 Å². The van der Waals surface area contributed by atoms with Gasteiger partial charge in [0, 0.05) is 77.6 Å². The molecule has 3 aromatic heterocycles. The minimum absolute atomic E-state index is 0.0471. The third-order valence-electron chi connectivity index (χ3n) is 15.3. The van der Waals surface area contributed by atoms with Crippen LogP contribution in [0.4, 0.5) is 28.4 Å². The highest BCUT2D eigenvalue weighted by molar-refractivity contribution is 6.93. The van der Waals surface area contributed by atoms with Gasteiger partial charge in [0.05, 0.1) is 27.6 Å². The molecule has 324 valence electrons. The number of nitrogens with zero attached hydrogens (tertiary/aromatic N) is 4. The molecule has 15 rings (SSSR count). The highest BCUT2D eigenvalue weighted by Gasteiger charge is 2.45. The maximum atomic E-state index is 2.73. The molecule has 0 N–H and O–H groups in total. The Labute approximate surface area is 401 Å². The fourth-order valence-corrected chi connectivity index (χ4v) is 12.3. The van der Waals surface area contributed by atoms with Gasteiger partial charge in [0.15, 0.2) is 0 Å². The van der Waals surface area contributed by atoms with Crippen molar-refractivity contribution in [2.75, 3.05) is 9.71 Å². The Hall–Kier alpha value is -8.54. The van der Waals surface area contributed by atoms with Gasteiger partial charge in [-0.1, -0.05) is 166 Å². The van der Waals surface area contributed by atoms with Gasteiger partial charge in [-0.25, -0.2) is 0 Å². The van der Waals surface area contributed by atoms with Crippen LogP contribution >= 0.6 is 0 Å². The van der Waals surface area contributed by atoms with Gasteiger partial charge in [-0.2, -0.15) is 0 Å². The number of fused-ring (bicyclic) bond motifs is 13. The zero-order valence-corrected chi connectivity index (χ0v) is 38.7. The summed E-state index contributed by atoms with van der Waals surface area (Å²) in [5, 5.41) is 7.64. The third-order valence-corrected chi connectivity index (χ3v) is 15.3. The molecule has 0 atom stereocenters. The van der Waals surface area contributed by atoms with Crippen molar-refractivity contribution < 1.29 is 0 Å². The van der Waals surface area contributed by atoms with Gasteiger partial charge in [-0.15, -0.1) is 0 Å². The van der Waals surface area contributed by atoms with E-state index in [1.807, 2.05) is 0 Å². The lowest BCUT2D eigenvalue weighted by Gasteiger charge is -2.43. The topological polar surface area (TPSA) is 15.8 Å². The fourth-order valence-electron chi connectivity index (χ4n) is 12.3. The second-order valence-electron chi connectivity index (χ2n) is 20.1. The predicted molar refractivity (Wildman–Crippen MR) is 293 cm³/mol. The molecule has 2 aliphatic rings. The molecule has 0 amide bonds. The third kappa shape index (κ3) is 5.30. The second kappa shape index (κ2) is 14.0. The Bertz CT molecular complexity index is 4200. The molecule has 0 bridgehead atoms. The summed E-state index contributed by atoms with van der Waals surface area (Å²) in [6.45, 7) is 6.82. The maximum Gasteiger partial charge on any atom is 0.333 e. The number of hydrogen-bond donors (Lipinski definition) is 0. The first-order valence-corrected chi connectivity index (χ1v) is 24.2. The van der Waals surface area contributed by atoms with Crippen molar-refractivity contribution in [2.24, 2.45) is 0 Å². The van der Waals surface area contributed by atoms with Crippen LogP contribution in [0.5, 0.6) is 0 Å². The van der Waals surface area contributed by atoms with E-state index in [4.69, 9.17) is 0 Å². The molecule has 5 heteroatoms. The SMILES string of the molecule is CC(C)(C)c1ccc(N2B3c4c(cc(N(c5ccccc5)c5ccccc5)cc4-n4c5ccccc5c5cccc3c54)-c3cc4c(cc32)c2cccc3c5ccccc5n4c32)c(-c2ccccc2)c1. The van der Waals surface area contributed by atoms with Crippen LogP contribution in [0.15, 0.2) is 218 Å². The molecule has 0 aliphatic carbocycles. The average Bonchev–Trinajstić information content (AvgIpc) is 4.04. The largest absolute Gasteiger partial charge is 0.376 e. The lowest BCUT2D eigenvalue weighted by atomic mass is 9.44. The summed E-state index contributed by atoms with van der Waals surface area (Å²) < 4.78 is 5.12. The van der Waals surface area contributed by atoms with E-state index in [0.29, 0.717) is 0 Å². The van der Waals surface area contributed by atoms with Gasteiger partial charge in [0.25, 0.3) is 0 Å². The summed E-state index contributed by atoms with van der Waals surface area (Å²) in [7, 11) is 0. The highest BCUT2D eigenvalue weighted by Crippen LogP contribution is 2.52. The van der Waals surface area contributed by atoms with Crippen molar-refractivity contribution in [3.63, 3.8) is 0 Å². The van der Waals surface area contributed by atoms with E-state index in [1.165, 1.54) is 116 Å². The van der Waals surface area contributed by atoms with E-state index in [-0.39, 0.29) is 12.3 Å². The molecule has 0 radical (unpaired) electrons. The summed E-state index contributed by atoms with van der Waals surface area (Å²) in [6, 6.07) is 81.9. The molecular formula is C64H45BN4. The quantitative estimate of drug-likeness (QED) is 0.160. The van der Waals surface area contributed by atoms with Crippen molar-refractivity contribution in [2.45, 2.75) is 26.2 Å². The minimum atomic E-state index is -0.156. The van der Waals surface area contributed by atoms with E-state index in [0.717, 1.165) is 17.1 Å². The molecule has 4 nitrogen and oxygen atoms in total. The second-order valence-corrected chi connectivity index (χ2v) is 20.1. The Kier molecular flexibility index (Phi) is 7.83. The summed E-state index contributed by atoms with van der Waals surface area (Å²) in [5.74, 6) is 0. The van der Waals surface area contributed by atoms with Crippen molar-refractivity contribution in [3.05, 3.63) is 224 Å². The van der Waals surface area contributed by atoms with Crippen molar-refractivity contribution in [1.29, 1.82) is 0 Å². The van der Waals surface area contributed by atoms with Crippen LogP contribution in [0.1, 0.15) is 26.3 Å². The lowest BCUT2D eigenvalue weighted by molar-refractivity contribution is 0.590. The summed E-state index contributed by atoms with van der Waals surface area (Å²) >= 11 is 0. The van der Waals surface area contributed by atoms with Gasteiger partial charge in [0.2, 0.25) is 0 Å². The van der Waals surface area contributed by atoms with E-state index in [1.54, 1.807) is 0 Å². The van der Waals surface area contributed by atoms with E-state index in [2.05, 4.69) is 258 Å². The number of aromatic nitrogens is 2. The Morgan fingerprint density at radius 1 is 0.391 bits per heavy atom. The Morgan fingerprint density at radius 2 is 0.986 bits per heavy atom. The van der Waals surface area contributed by atoms with E-state index in [9.17, 15) is 0 Å². The standard InChI is InChI=1S/C64H45BN4/c1-64(2,3)41-33-34-57(50(35-41)40-19-7-4-8-20-40)69-59-39-51-49-28-17-27-47-45-25-13-15-31-55(45)67(62(47)49)58(51)38-52(59)53-36-44(66(42-21-9-5-10-22-42)43-23-11-6-12-24-43)37-60-61(53)65(69)54-30-18-29-48-46-26-14-16-32-56(46)68(60)63(48)54/h4-39H,1-3H3. The van der Waals surface area contributed by atoms with Gasteiger partial charge in [0.1, 0.15) is 0 Å². The van der Waals surface area contributed by atoms with Crippen LogP contribution in [0.2, 0.25) is 0 Å². The van der Waals surface area contributed by atoms with Crippen LogP contribution in [-0.2, 0) is 5.41 Å². The molecule has 0 spiro atoms. The molecule has 0 unspecified atom stereocenters. The fraction of sp³-hybridized carbons (Fsp3) is 0.0625. The summed E-state index contributed by atoms with van der Waals surface area (Å²) in [6.07, 6.45) is 0. The van der Waals surface area contributed by atoms with E-state index < -0.39 is 0 Å². The normalized spacial score (nSPS) is 13.1. The molecule has 5 heterocycles. The van der Waals surface area contributed by atoms with Gasteiger partial charge in [-0.05, 0) is 106 Å². The first kappa shape index (κ1) is 38.6. The number of anilines is 5.